The fourth-order valence-electron chi connectivity index (χ4n) is 2.24. The summed E-state index contributed by atoms with van der Waals surface area (Å²) in [6.45, 7) is 1.98. The van der Waals surface area contributed by atoms with Gasteiger partial charge >= 0.3 is 0 Å². The van der Waals surface area contributed by atoms with Crippen molar-refractivity contribution in [2.75, 3.05) is 7.11 Å². The number of methoxy groups -OCH3 is 1. The number of nitrogens with two attached hydrogens (primary N) is 1. The molecule has 0 spiro atoms. The fourth-order valence-corrected chi connectivity index (χ4v) is 2.24. The topological polar surface area (TPSA) is 64.3 Å². The van der Waals surface area contributed by atoms with Gasteiger partial charge in [0, 0.05) is 12.5 Å². The van der Waals surface area contributed by atoms with Crippen molar-refractivity contribution in [3.63, 3.8) is 0 Å². The summed E-state index contributed by atoms with van der Waals surface area (Å²) in [6.07, 6.45) is 1.26. The number of carbonyl (C=O) groups is 1. The molecule has 17 heavy (non-hydrogen) atoms. The number of carbonyl (C=O) groups excluding carboxylic acids is 1. The molecule has 0 aliphatic carbocycles. The lowest BCUT2D eigenvalue weighted by atomic mass is 9.92. The number of aryl methyl sites for hydroxylation is 1. The first-order valence-corrected chi connectivity index (χ1v) is 5.81. The summed E-state index contributed by atoms with van der Waals surface area (Å²) in [5.41, 5.74) is 8.15. The predicted molar refractivity (Wildman–Crippen MR) is 65.8 cm³/mol. The summed E-state index contributed by atoms with van der Waals surface area (Å²) in [6, 6.07) is 5.80. The van der Waals surface area contributed by atoms with E-state index in [9.17, 15) is 4.79 Å². The normalized spacial score (nSPS) is 24.3. The first-order valence-electron chi connectivity index (χ1n) is 5.81. The van der Waals surface area contributed by atoms with E-state index < -0.39 is 0 Å². The van der Waals surface area contributed by atoms with Crippen LogP contribution in [0.4, 0.5) is 0 Å². The minimum Gasteiger partial charge on any atom is -0.496 e. The molecule has 1 heterocycles. The van der Waals surface area contributed by atoms with Gasteiger partial charge < -0.3 is 15.8 Å². The van der Waals surface area contributed by atoms with Crippen LogP contribution in [0.5, 0.6) is 5.75 Å². The average Bonchev–Trinajstić information content (AvgIpc) is 2.32. The molecule has 4 heteroatoms. The standard InChI is InChI=1S/C13H18N2O2/c1-8-7-9(3-5-11(8)17-2)13-10(14)4-6-12(16)15-13/h3,5,7,10,13H,4,6,14H2,1-2H3,(H,15,16). The first kappa shape index (κ1) is 11.9. The maximum absolute atomic E-state index is 11.4. The Morgan fingerprint density at radius 1 is 1.47 bits per heavy atom. The zero-order chi connectivity index (χ0) is 12.4. The zero-order valence-electron chi connectivity index (χ0n) is 10.2. The average molecular weight is 234 g/mol. The Kier molecular flexibility index (Phi) is 3.33. The van der Waals surface area contributed by atoms with E-state index in [0.717, 1.165) is 23.3 Å². The van der Waals surface area contributed by atoms with E-state index in [1.165, 1.54) is 0 Å². The van der Waals surface area contributed by atoms with Gasteiger partial charge in [0.1, 0.15) is 5.75 Å². The van der Waals surface area contributed by atoms with Crippen LogP contribution in [0, 0.1) is 6.92 Å². The van der Waals surface area contributed by atoms with Crippen LogP contribution in [0.15, 0.2) is 18.2 Å². The van der Waals surface area contributed by atoms with Crippen LogP contribution < -0.4 is 15.8 Å². The van der Waals surface area contributed by atoms with Crippen molar-refractivity contribution in [1.82, 2.24) is 5.32 Å². The molecule has 4 nitrogen and oxygen atoms in total. The van der Waals surface area contributed by atoms with Gasteiger partial charge in [-0.2, -0.15) is 0 Å². The third-order valence-corrected chi connectivity index (χ3v) is 3.23. The molecule has 92 valence electrons. The number of ether oxygens (including phenoxy) is 1. The minimum absolute atomic E-state index is 0.0134. The van der Waals surface area contributed by atoms with Crippen molar-refractivity contribution in [1.29, 1.82) is 0 Å². The van der Waals surface area contributed by atoms with E-state index in [2.05, 4.69) is 5.32 Å². The van der Waals surface area contributed by atoms with Crippen molar-refractivity contribution in [2.24, 2.45) is 5.73 Å². The molecule has 1 saturated heterocycles. The van der Waals surface area contributed by atoms with Gasteiger partial charge in [-0.05, 0) is 30.5 Å². The smallest absolute Gasteiger partial charge is 0.220 e. The molecule has 0 saturated carbocycles. The Morgan fingerprint density at radius 3 is 2.88 bits per heavy atom. The Hall–Kier alpha value is -1.55. The SMILES string of the molecule is COc1ccc(C2NC(=O)CCC2N)cc1C. The van der Waals surface area contributed by atoms with Crippen molar-refractivity contribution < 1.29 is 9.53 Å². The zero-order valence-corrected chi connectivity index (χ0v) is 10.2. The van der Waals surface area contributed by atoms with Gasteiger partial charge in [-0.15, -0.1) is 0 Å². The molecular weight excluding hydrogens is 216 g/mol. The highest BCUT2D eigenvalue weighted by molar-refractivity contribution is 5.77. The highest BCUT2D eigenvalue weighted by Gasteiger charge is 2.27. The number of nitrogens with one attached hydrogen (secondary N) is 1. The molecule has 3 N–H and O–H groups in total. The highest BCUT2D eigenvalue weighted by atomic mass is 16.5. The molecule has 1 aromatic rings. The Morgan fingerprint density at radius 2 is 2.24 bits per heavy atom. The van der Waals surface area contributed by atoms with E-state index >= 15 is 0 Å². The molecule has 1 fully saturated rings. The molecule has 2 atom stereocenters. The van der Waals surface area contributed by atoms with Gasteiger partial charge in [0.15, 0.2) is 0 Å². The summed E-state index contributed by atoms with van der Waals surface area (Å²) < 4.78 is 5.22. The number of hydrogen-bond donors (Lipinski definition) is 2. The fraction of sp³-hybridized carbons (Fsp3) is 0.462. The molecule has 2 rings (SSSR count). The lowest BCUT2D eigenvalue weighted by Crippen LogP contribution is -2.45. The van der Waals surface area contributed by atoms with Gasteiger partial charge in [-0.25, -0.2) is 0 Å². The van der Waals surface area contributed by atoms with Gasteiger partial charge in [0.2, 0.25) is 5.91 Å². The Balaban J connectivity index is 2.26. The van der Waals surface area contributed by atoms with Gasteiger partial charge in [0.05, 0.1) is 13.2 Å². The lowest BCUT2D eigenvalue weighted by Gasteiger charge is -2.30. The van der Waals surface area contributed by atoms with Crippen LogP contribution in [-0.4, -0.2) is 19.1 Å². The molecule has 2 unspecified atom stereocenters. The maximum atomic E-state index is 11.4. The third kappa shape index (κ3) is 2.42. The van der Waals surface area contributed by atoms with Gasteiger partial charge in [-0.1, -0.05) is 12.1 Å². The number of amides is 1. The van der Waals surface area contributed by atoms with E-state index in [1.54, 1.807) is 7.11 Å². The van der Waals surface area contributed by atoms with Crippen LogP contribution in [0.2, 0.25) is 0 Å². The molecule has 0 radical (unpaired) electrons. The summed E-state index contributed by atoms with van der Waals surface area (Å²) in [5, 5.41) is 2.94. The van der Waals surface area contributed by atoms with Crippen molar-refractivity contribution in [2.45, 2.75) is 31.8 Å². The highest BCUT2D eigenvalue weighted by Crippen LogP contribution is 2.27. The number of benzene rings is 1. The number of rotatable bonds is 2. The van der Waals surface area contributed by atoms with E-state index in [-0.39, 0.29) is 18.0 Å². The largest absolute Gasteiger partial charge is 0.496 e. The number of hydrogen-bond acceptors (Lipinski definition) is 3. The lowest BCUT2D eigenvalue weighted by molar-refractivity contribution is -0.123. The van der Waals surface area contributed by atoms with E-state index in [0.29, 0.717) is 6.42 Å². The van der Waals surface area contributed by atoms with Crippen LogP contribution in [0.3, 0.4) is 0 Å². The van der Waals surface area contributed by atoms with Gasteiger partial charge in [0.25, 0.3) is 0 Å². The summed E-state index contributed by atoms with van der Waals surface area (Å²) in [4.78, 5) is 11.4. The predicted octanol–water partition coefficient (Wildman–Crippen LogP) is 1.28. The Bertz CT molecular complexity index is 431. The molecule has 1 aromatic carbocycles. The molecule has 1 amide bonds. The second-order valence-corrected chi connectivity index (χ2v) is 4.48. The first-order chi connectivity index (χ1) is 8.11. The van der Waals surface area contributed by atoms with E-state index in [1.807, 2.05) is 25.1 Å². The van der Waals surface area contributed by atoms with Crippen LogP contribution >= 0.6 is 0 Å². The van der Waals surface area contributed by atoms with Crippen LogP contribution in [0.25, 0.3) is 0 Å². The van der Waals surface area contributed by atoms with Gasteiger partial charge in [-0.3, -0.25) is 4.79 Å². The molecule has 1 aliphatic rings. The minimum atomic E-state index is -0.0825. The molecule has 0 aromatic heterocycles. The van der Waals surface area contributed by atoms with E-state index in [4.69, 9.17) is 10.5 Å². The molecule has 1 aliphatic heterocycles. The number of piperidine rings is 1. The summed E-state index contributed by atoms with van der Waals surface area (Å²) in [5.74, 6) is 0.926. The monoisotopic (exact) mass is 234 g/mol. The van der Waals surface area contributed by atoms with Crippen LogP contribution in [0.1, 0.15) is 30.0 Å². The molecule has 0 bridgehead atoms. The summed E-state index contributed by atoms with van der Waals surface area (Å²) >= 11 is 0. The van der Waals surface area contributed by atoms with Crippen molar-refractivity contribution in [3.8, 4) is 5.75 Å². The summed E-state index contributed by atoms with van der Waals surface area (Å²) in [7, 11) is 1.65. The van der Waals surface area contributed by atoms with Crippen molar-refractivity contribution >= 4 is 5.91 Å². The third-order valence-electron chi connectivity index (χ3n) is 3.23. The Labute approximate surface area is 101 Å². The molecular formula is C13H18N2O2. The van der Waals surface area contributed by atoms with Crippen LogP contribution in [-0.2, 0) is 4.79 Å². The quantitative estimate of drug-likeness (QED) is 0.810. The maximum Gasteiger partial charge on any atom is 0.220 e. The second kappa shape index (κ2) is 4.75. The van der Waals surface area contributed by atoms with Crippen molar-refractivity contribution in [3.05, 3.63) is 29.3 Å². The second-order valence-electron chi connectivity index (χ2n) is 4.48.